The van der Waals surface area contributed by atoms with Crippen molar-refractivity contribution in [3.63, 3.8) is 0 Å². The van der Waals surface area contributed by atoms with Crippen LogP contribution >= 0.6 is 11.8 Å². The average molecular weight is 458 g/mol. The van der Waals surface area contributed by atoms with Gasteiger partial charge in [-0.25, -0.2) is 17.0 Å². The van der Waals surface area contributed by atoms with Gasteiger partial charge in [0, 0.05) is 5.75 Å². The van der Waals surface area contributed by atoms with E-state index in [0.717, 1.165) is 18.0 Å². The molecule has 2 heterocycles. The Morgan fingerprint density at radius 3 is 2.46 bits per heavy atom. The number of hydrogen-bond donors (Lipinski definition) is 3. The molecule has 2 atom stereocenters. The SMILES string of the molecule is CC(C)ON=C(C(=O)NC1CN(S(=O)(=O)O)C1=O)C1CSC(=N)N1S(C)(=O)=O. The van der Waals surface area contributed by atoms with Gasteiger partial charge in [0.25, 0.3) is 11.8 Å². The number of amidine groups is 1. The van der Waals surface area contributed by atoms with Gasteiger partial charge in [0.05, 0.1) is 12.8 Å². The van der Waals surface area contributed by atoms with Crippen LogP contribution in [0.1, 0.15) is 13.8 Å². The Morgan fingerprint density at radius 1 is 1.39 bits per heavy atom. The Balaban J connectivity index is 2.25. The van der Waals surface area contributed by atoms with Gasteiger partial charge in [0.2, 0.25) is 10.0 Å². The van der Waals surface area contributed by atoms with Crippen LogP contribution in [0.25, 0.3) is 0 Å². The Kier molecular flexibility index (Phi) is 6.27. The van der Waals surface area contributed by atoms with Gasteiger partial charge >= 0.3 is 10.3 Å². The maximum Gasteiger partial charge on any atom is 0.362 e. The van der Waals surface area contributed by atoms with Gasteiger partial charge in [0.1, 0.15) is 18.2 Å². The highest BCUT2D eigenvalue weighted by molar-refractivity contribution is 8.15. The molecule has 158 valence electrons. The molecule has 2 aliphatic heterocycles. The Morgan fingerprint density at radius 2 is 2.00 bits per heavy atom. The van der Waals surface area contributed by atoms with Crippen LogP contribution in [0.4, 0.5) is 0 Å². The lowest BCUT2D eigenvalue weighted by Crippen LogP contribution is -2.66. The number of thioether (sulfide) groups is 1. The van der Waals surface area contributed by atoms with E-state index in [2.05, 4.69) is 10.5 Å². The lowest BCUT2D eigenvalue weighted by Gasteiger charge is -2.35. The first-order valence-corrected chi connectivity index (χ1v) is 12.0. The summed E-state index contributed by atoms with van der Waals surface area (Å²) in [5, 5.41) is 13.4. The fraction of sp³-hybridized carbons (Fsp3) is 0.667. The Hall–Kier alpha value is -1.91. The van der Waals surface area contributed by atoms with Crippen molar-refractivity contribution in [3.05, 3.63) is 0 Å². The maximum absolute atomic E-state index is 12.6. The number of carbonyl (C=O) groups excluding carboxylic acids is 2. The average Bonchev–Trinajstić information content (AvgIpc) is 2.91. The van der Waals surface area contributed by atoms with Gasteiger partial charge in [-0.15, -0.1) is 0 Å². The molecule has 2 saturated heterocycles. The van der Waals surface area contributed by atoms with E-state index in [1.54, 1.807) is 13.8 Å². The molecule has 13 nitrogen and oxygen atoms in total. The van der Waals surface area contributed by atoms with Crippen LogP contribution in [0.5, 0.6) is 0 Å². The van der Waals surface area contributed by atoms with Gasteiger partial charge in [-0.2, -0.15) is 8.42 Å². The number of oxime groups is 1. The monoisotopic (exact) mass is 457 g/mol. The second-order valence-corrected chi connectivity index (χ2v) is 10.4. The summed E-state index contributed by atoms with van der Waals surface area (Å²) in [4.78, 5) is 29.5. The van der Waals surface area contributed by atoms with Crippen molar-refractivity contribution in [2.75, 3.05) is 18.6 Å². The molecule has 3 N–H and O–H groups in total. The third-order valence-corrected chi connectivity index (χ3v) is 6.71. The lowest BCUT2D eigenvalue weighted by atomic mass is 10.1. The minimum absolute atomic E-state index is 0.0232. The molecule has 0 aromatic heterocycles. The molecule has 0 radical (unpaired) electrons. The van der Waals surface area contributed by atoms with E-state index < -0.39 is 56.9 Å². The molecule has 2 rings (SSSR count). The minimum Gasteiger partial charge on any atom is -0.393 e. The summed E-state index contributed by atoms with van der Waals surface area (Å²) < 4.78 is 55.7. The van der Waals surface area contributed by atoms with Crippen molar-refractivity contribution in [1.82, 2.24) is 13.9 Å². The standard InChI is InChI=1S/C12H19N5O8S3/c1-6(2)25-15-9(8-5-26-12(13)17(8)27(3,20)21)10(18)14-7-4-16(11(7)19)28(22,23)24/h6-8,13H,4-5H2,1-3H3,(H,14,18)(H,22,23,24). The molecule has 28 heavy (non-hydrogen) atoms. The van der Waals surface area contributed by atoms with Crippen molar-refractivity contribution in [1.29, 1.82) is 5.41 Å². The molecule has 0 aliphatic carbocycles. The quantitative estimate of drug-likeness (QED) is 0.172. The van der Waals surface area contributed by atoms with Crippen molar-refractivity contribution in [3.8, 4) is 0 Å². The van der Waals surface area contributed by atoms with Gasteiger partial charge in [0.15, 0.2) is 10.9 Å². The molecule has 0 saturated carbocycles. The maximum atomic E-state index is 12.6. The summed E-state index contributed by atoms with van der Waals surface area (Å²) in [5.41, 5.74) is -0.382. The van der Waals surface area contributed by atoms with Gasteiger partial charge in [-0.05, 0) is 13.8 Å². The molecular formula is C12H19N5O8S3. The first-order valence-electron chi connectivity index (χ1n) is 7.77. The van der Waals surface area contributed by atoms with Crippen LogP contribution in [0.15, 0.2) is 5.16 Å². The van der Waals surface area contributed by atoms with Crippen LogP contribution in [-0.2, 0) is 34.8 Å². The molecule has 0 bridgehead atoms. The largest absolute Gasteiger partial charge is 0.393 e. The van der Waals surface area contributed by atoms with Crippen molar-refractivity contribution < 1.29 is 35.8 Å². The summed E-state index contributed by atoms with van der Waals surface area (Å²) in [6, 6.07) is -2.38. The van der Waals surface area contributed by atoms with E-state index >= 15 is 0 Å². The zero-order chi connectivity index (χ0) is 21.4. The molecule has 0 aromatic rings. The van der Waals surface area contributed by atoms with Crippen LogP contribution in [0, 0.1) is 5.41 Å². The molecule has 0 aromatic carbocycles. The van der Waals surface area contributed by atoms with Crippen molar-refractivity contribution in [2.45, 2.75) is 32.0 Å². The van der Waals surface area contributed by atoms with E-state index in [-0.39, 0.29) is 20.9 Å². The van der Waals surface area contributed by atoms with Crippen LogP contribution < -0.4 is 5.32 Å². The topological polar surface area (TPSA) is 187 Å². The third-order valence-electron chi connectivity index (χ3n) is 3.60. The van der Waals surface area contributed by atoms with E-state index in [4.69, 9.17) is 14.8 Å². The summed E-state index contributed by atoms with van der Waals surface area (Å²) in [5.74, 6) is -1.98. The zero-order valence-corrected chi connectivity index (χ0v) is 17.5. The van der Waals surface area contributed by atoms with E-state index in [1.807, 2.05) is 0 Å². The number of β-lactam (4-membered cyclic amide) rings is 1. The summed E-state index contributed by atoms with van der Waals surface area (Å²) >= 11 is 0.889. The van der Waals surface area contributed by atoms with Crippen LogP contribution in [0.2, 0.25) is 0 Å². The van der Waals surface area contributed by atoms with Gasteiger partial charge in [-0.3, -0.25) is 19.6 Å². The van der Waals surface area contributed by atoms with Crippen molar-refractivity contribution >= 4 is 54.8 Å². The summed E-state index contributed by atoms with van der Waals surface area (Å²) in [7, 11) is -8.61. The molecular weight excluding hydrogens is 438 g/mol. The third kappa shape index (κ3) is 4.73. The number of amides is 2. The molecule has 16 heteroatoms. The predicted molar refractivity (Wildman–Crippen MR) is 99.5 cm³/mol. The summed E-state index contributed by atoms with van der Waals surface area (Å²) in [6.07, 6.45) is 0.432. The smallest absolute Gasteiger partial charge is 0.362 e. The highest BCUT2D eigenvalue weighted by Gasteiger charge is 2.47. The second-order valence-electron chi connectivity index (χ2n) is 6.19. The normalized spacial score (nSPS) is 23.8. The predicted octanol–water partition coefficient (Wildman–Crippen LogP) is -1.79. The molecule has 2 amide bonds. The number of sulfonamides is 1. The number of rotatable bonds is 7. The fourth-order valence-corrected chi connectivity index (χ4v) is 5.53. The van der Waals surface area contributed by atoms with Crippen molar-refractivity contribution in [2.24, 2.45) is 5.16 Å². The molecule has 2 fully saturated rings. The molecule has 2 unspecified atom stereocenters. The zero-order valence-electron chi connectivity index (χ0n) is 15.0. The second kappa shape index (κ2) is 7.84. The minimum atomic E-state index is -4.72. The molecule has 0 spiro atoms. The molecule has 2 aliphatic rings. The number of carbonyl (C=O) groups is 2. The van der Waals surface area contributed by atoms with Crippen LogP contribution in [-0.4, -0.2) is 89.4 Å². The van der Waals surface area contributed by atoms with E-state index in [1.165, 1.54) is 0 Å². The van der Waals surface area contributed by atoms with Gasteiger partial charge < -0.3 is 10.2 Å². The highest BCUT2D eigenvalue weighted by atomic mass is 32.2. The number of nitrogens with zero attached hydrogens (tertiary/aromatic N) is 3. The lowest BCUT2D eigenvalue weighted by molar-refractivity contribution is -0.139. The Bertz CT molecular complexity index is 929. The number of hydrogen-bond acceptors (Lipinski definition) is 10. The van der Waals surface area contributed by atoms with Crippen LogP contribution in [0.3, 0.4) is 0 Å². The first kappa shape index (κ1) is 22.4. The van der Waals surface area contributed by atoms with E-state index in [9.17, 15) is 26.4 Å². The fourth-order valence-electron chi connectivity index (χ4n) is 2.36. The first-order chi connectivity index (χ1) is 12.7. The van der Waals surface area contributed by atoms with E-state index in [0.29, 0.717) is 4.31 Å². The summed E-state index contributed by atoms with van der Waals surface area (Å²) in [6.45, 7) is 2.77. The highest BCUT2D eigenvalue weighted by Crippen LogP contribution is 2.27. The number of nitrogens with one attached hydrogen (secondary N) is 2. The van der Waals surface area contributed by atoms with Gasteiger partial charge in [-0.1, -0.05) is 16.9 Å². The Labute approximate surface area is 165 Å².